The normalized spacial score (nSPS) is 18.2. The average molecular weight is 328 g/mol. The summed E-state index contributed by atoms with van der Waals surface area (Å²) in [6, 6.07) is 7.28. The van der Waals surface area contributed by atoms with Crippen molar-refractivity contribution in [2.45, 2.75) is 19.1 Å². The van der Waals surface area contributed by atoms with Gasteiger partial charge in [0.25, 0.3) is 0 Å². The van der Waals surface area contributed by atoms with Gasteiger partial charge in [0.2, 0.25) is 5.91 Å². The van der Waals surface area contributed by atoms with Gasteiger partial charge in [-0.3, -0.25) is 9.59 Å². The van der Waals surface area contributed by atoms with Gasteiger partial charge in [-0.15, -0.1) is 0 Å². The standard InChI is InChI=1S/C15H18ClNO5/c16-13-4-2-1-3-11(13)9-21-10-14(18)17-5-6-22-12(8-17)7-15(19)20/h1-4,12H,5-10H2,(H,19,20). The first-order chi connectivity index (χ1) is 10.6. The van der Waals surface area contributed by atoms with E-state index in [1.54, 1.807) is 11.0 Å². The average Bonchev–Trinajstić information content (AvgIpc) is 2.48. The van der Waals surface area contributed by atoms with Gasteiger partial charge in [-0.2, -0.15) is 0 Å². The van der Waals surface area contributed by atoms with Gasteiger partial charge in [0.1, 0.15) is 6.61 Å². The topological polar surface area (TPSA) is 76.1 Å². The SMILES string of the molecule is O=C(O)CC1CN(C(=O)COCc2ccccc2Cl)CCO1. The summed E-state index contributed by atoms with van der Waals surface area (Å²) in [5, 5.41) is 9.36. The van der Waals surface area contributed by atoms with Crippen molar-refractivity contribution in [2.24, 2.45) is 0 Å². The second-order valence-corrected chi connectivity index (χ2v) is 5.42. The Morgan fingerprint density at radius 2 is 2.18 bits per heavy atom. The molecule has 1 aromatic carbocycles. The van der Waals surface area contributed by atoms with Crippen LogP contribution in [-0.2, 0) is 25.7 Å². The van der Waals surface area contributed by atoms with Gasteiger partial charge in [0.05, 0.1) is 25.7 Å². The first-order valence-corrected chi connectivity index (χ1v) is 7.36. The molecule has 7 heteroatoms. The highest BCUT2D eigenvalue weighted by atomic mass is 35.5. The Labute approximate surface area is 133 Å². The van der Waals surface area contributed by atoms with Crippen LogP contribution in [0, 0.1) is 0 Å². The van der Waals surface area contributed by atoms with Gasteiger partial charge < -0.3 is 19.5 Å². The second-order valence-electron chi connectivity index (χ2n) is 5.01. The number of carbonyl (C=O) groups is 2. The van der Waals surface area contributed by atoms with E-state index >= 15 is 0 Å². The van der Waals surface area contributed by atoms with Crippen molar-refractivity contribution in [1.82, 2.24) is 4.90 Å². The van der Waals surface area contributed by atoms with Crippen LogP contribution in [0.2, 0.25) is 5.02 Å². The van der Waals surface area contributed by atoms with E-state index in [1.807, 2.05) is 18.2 Å². The number of hydrogen-bond acceptors (Lipinski definition) is 4. The third-order valence-corrected chi connectivity index (χ3v) is 3.70. The summed E-state index contributed by atoms with van der Waals surface area (Å²) in [5.74, 6) is -1.11. The van der Waals surface area contributed by atoms with Gasteiger partial charge in [-0.05, 0) is 11.6 Å². The van der Waals surface area contributed by atoms with Crippen molar-refractivity contribution in [2.75, 3.05) is 26.3 Å². The van der Waals surface area contributed by atoms with Gasteiger partial charge in [-0.1, -0.05) is 29.8 Å². The number of carbonyl (C=O) groups excluding carboxylic acids is 1. The quantitative estimate of drug-likeness (QED) is 0.858. The lowest BCUT2D eigenvalue weighted by Crippen LogP contribution is -2.47. The van der Waals surface area contributed by atoms with Crippen LogP contribution in [0.15, 0.2) is 24.3 Å². The van der Waals surface area contributed by atoms with Gasteiger partial charge in [0.15, 0.2) is 0 Å². The Bertz CT molecular complexity index is 536. The second kappa shape index (κ2) is 8.12. The molecular weight excluding hydrogens is 310 g/mol. The van der Waals surface area contributed by atoms with Crippen LogP contribution in [0.3, 0.4) is 0 Å². The highest BCUT2D eigenvalue weighted by Gasteiger charge is 2.25. The summed E-state index contributed by atoms with van der Waals surface area (Å²) in [7, 11) is 0. The van der Waals surface area contributed by atoms with E-state index < -0.39 is 12.1 Å². The smallest absolute Gasteiger partial charge is 0.306 e. The minimum atomic E-state index is -0.936. The number of rotatable bonds is 6. The molecule has 1 amide bonds. The van der Waals surface area contributed by atoms with Gasteiger partial charge >= 0.3 is 5.97 Å². The Morgan fingerprint density at radius 3 is 2.91 bits per heavy atom. The molecule has 0 saturated carbocycles. The number of halogens is 1. The van der Waals surface area contributed by atoms with Crippen molar-refractivity contribution in [3.63, 3.8) is 0 Å². The lowest BCUT2D eigenvalue weighted by atomic mass is 10.2. The highest BCUT2D eigenvalue weighted by Crippen LogP contribution is 2.16. The Morgan fingerprint density at radius 1 is 1.41 bits per heavy atom. The summed E-state index contributed by atoms with van der Waals surface area (Å²) in [6.45, 7) is 1.26. The monoisotopic (exact) mass is 327 g/mol. The molecule has 2 rings (SSSR count). The van der Waals surface area contributed by atoms with Crippen LogP contribution in [-0.4, -0.2) is 54.3 Å². The third-order valence-electron chi connectivity index (χ3n) is 3.33. The maximum atomic E-state index is 12.1. The summed E-state index contributed by atoms with van der Waals surface area (Å²) < 4.78 is 10.7. The maximum absolute atomic E-state index is 12.1. The largest absolute Gasteiger partial charge is 0.481 e. The molecule has 120 valence electrons. The minimum absolute atomic E-state index is 0.0645. The molecule has 1 aliphatic heterocycles. The number of hydrogen-bond donors (Lipinski definition) is 1. The van der Waals surface area contributed by atoms with Crippen molar-refractivity contribution >= 4 is 23.5 Å². The number of aliphatic carboxylic acids is 1. The first-order valence-electron chi connectivity index (χ1n) is 6.98. The lowest BCUT2D eigenvalue weighted by molar-refractivity contribution is -0.150. The zero-order valence-corrected chi connectivity index (χ0v) is 12.8. The van der Waals surface area contributed by atoms with E-state index in [1.165, 1.54) is 0 Å². The summed E-state index contributed by atoms with van der Waals surface area (Å²) in [5.41, 5.74) is 0.822. The molecule has 1 aliphatic rings. The van der Waals surface area contributed by atoms with E-state index in [4.69, 9.17) is 26.2 Å². The van der Waals surface area contributed by atoms with Gasteiger partial charge in [0, 0.05) is 18.1 Å². The third kappa shape index (κ3) is 4.98. The molecule has 22 heavy (non-hydrogen) atoms. The maximum Gasteiger partial charge on any atom is 0.306 e. The van der Waals surface area contributed by atoms with Crippen LogP contribution in [0.4, 0.5) is 0 Å². The molecule has 1 N–H and O–H groups in total. The first kappa shape index (κ1) is 16.7. The van der Waals surface area contributed by atoms with Crippen molar-refractivity contribution in [1.29, 1.82) is 0 Å². The number of morpholine rings is 1. The van der Waals surface area contributed by atoms with Crippen LogP contribution in [0.5, 0.6) is 0 Å². The predicted molar refractivity (Wildman–Crippen MR) is 79.7 cm³/mol. The van der Waals surface area contributed by atoms with Gasteiger partial charge in [-0.25, -0.2) is 0 Å². The van der Waals surface area contributed by atoms with E-state index in [-0.39, 0.29) is 32.1 Å². The number of nitrogens with zero attached hydrogens (tertiary/aromatic N) is 1. The van der Waals surface area contributed by atoms with E-state index in [2.05, 4.69) is 0 Å². The van der Waals surface area contributed by atoms with Crippen LogP contribution >= 0.6 is 11.6 Å². The molecule has 1 atom stereocenters. The lowest BCUT2D eigenvalue weighted by Gasteiger charge is -2.32. The summed E-state index contributed by atoms with van der Waals surface area (Å²) in [6.07, 6.45) is -0.566. The predicted octanol–water partition coefficient (Wildman–Crippen LogP) is 1.56. The Kier molecular flexibility index (Phi) is 6.18. The van der Waals surface area contributed by atoms with Crippen LogP contribution < -0.4 is 0 Å². The molecule has 0 spiro atoms. The molecule has 1 heterocycles. The molecule has 1 saturated heterocycles. The number of amides is 1. The number of ether oxygens (including phenoxy) is 2. The number of carboxylic acids is 1. The van der Waals surface area contributed by atoms with E-state index in [9.17, 15) is 9.59 Å². The molecule has 6 nitrogen and oxygen atoms in total. The van der Waals surface area contributed by atoms with Crippen molar-refractivity contribution < 1.29 is 24.2 Å². The highest BCUT2D eigenvalue weighted by molar-refractivity contribution is 6.31. The zero-order valence-electron chi connectivity index (χ0n) is 12.0. The molecule has 1 fully saturated rings. The Hall–Kier alpha value is -1.63. The Balaban J connectivity index is 1.77. The fourth-order valence-electron chi connectivity index (χ4n) is 2.22. The van der Waals surface area contributed by atoms with E-state index in [0.717, 1.165) is 5.56 Å². The zero-order chi connectivity index (χ0) is 15.9. The fourth-order valence-corrected chi connectivity index (χ4v) is 2.41. The fraction of sp³-hybridized carbons (Fsp3) is 0.467. The summed E-state index contributed by atoms with van der Waals surface area (Å²) >= 11 is 6.01. The number of carboxylic acid groups (broad SMARTS) is 1. The molecule has 0 bridgehead atoms. The van der Waals surface area contributed by atoms with Crippen molar-refractivity contribution in [3.05, 3.63) is 34.9 Å². The molecule has 1 unspecified atom stereocenters. The molecule has 0 aromatic heterocycles. The molecule has 1 aromatic rings. The minimum Gasteiger partial charge on any atom is -0.481 e. The molecule has 0 aliphatic carbocycles. The van der Waals surface area contributed by atoms with Crippen LogP contribution in [0.1, 0.15) is 12.0 Å². The van der Waals surface area contributed by atoms with E-state index in [0.29, 0.717) is 18.2 Å². The van der Waals surface area contributed by atoms with Crippen LogP contribution in [0.25, 0.3) is 0 Å². The van der Waals surface area contributed by atoms with Crippen molar-refractivity contribution in [3.8, 4) is 0 Å². The number of benzene rings is 1. The molecular formula is C15H18ClNO5. The molecule has 0 radical (unpaired) electrons. The summed E-state index contributed by atoms with van der Waals surface area (Å²) in [4.78, 5) is 24.3.